The summed E-state index contributed by atoms with van der Waals surface area (Å²) in [6.45, 7) is 2.01. The Morgan fingerprint density at radius 1 is 1.59 bits per heavy atom. The van der Waals surface area contributed by atoms with Crippen LogP contribution in [0, 0.1) is 6.92 Å². The Kier molecular flexibility index (Phi) is 4.55. The minimum absolute atomic E-state index is 0.0792. The van der Waals surface area contributed by atoms with E-state index in [1.165, 1.54) is 17.8 Å². The van der Waals surface area contributed by atoms with Gasteiger partial charge in [-0.1, -0.05) is 0 Å². The summed E-state index contributed by atoms with van der Waals surface area (Å²) >= 11 is 6.87. The second-order valence-electron chi connectivity index (χ2n) is 4.41. The zero-order chi connectivity index (χ0) is 12.4. The molecule has 5 heteroatoms. The molecule has 0 aliphatic heterocycles. The van der Waals surface area contributed by atoms with E-state index in [0.717, 1.165) is 32.3 Å². The van der Waals surface area contributed by atoms with Crippen LogP contribution in [0.3, 0.4) is 0 Å². The first-order chi connectivity index (χ1) is 8.10. The van der Waals surface area contributed by atoms with Gasteiger partial charge >= 0.3 is 0 Å². The third-order valence-corrected chi connectivity index (χ3v) is 6.36. The molecule has 0 spiro atoms. The van der Waals surface area contributed by atoms with Gasteiger partial charge in [-0.3, -0.25) is 4.79 Å². The van der Waals surface area contributed by atoms with E-state index in [-0.39, 0.29) is 5.91 Å². The SMILES string of the molecule is CSC1CCC(NC(=O)c2cc(C)c(Br)s2)C1. The smallest absolute Gasteiger partial charge is 0.261 e. The van der Waals surface area contributed by atoms with Gasteiger partial charge in [-0.15, -0.1) is 11.3 Å². The molecule has 0 bridgehead atoms. The molecule has 1 aliphatic rings. The van der Waals surface area contributed by atoms with Crippen molar-refractivity contribution in [2.45, 2.75) is 37.5 Å². The van der Waals surface area contributed by atoms with Gasteiger partial charge in [0.1, 0.15) is 0 Å². The van der Waals surface area contributed by atoms with Gasteiger partial charge in [0, 0.05) is 11.3 Å². The Balaban J connectivity index is 1.93. The number of hydrogen-bond donors (Lipinski definition) is 1. The molecule has 0 radical (unpaired) electrons. The molecule has 1 saturated carbocycles. The molecule has 1 heterocycles. The fraction of sp³-hybridized carbons (Fsp3) is 0.583. The molecular weight excluding hydrogens is 318 g/mol. The lowest BCUT2D eigenvalue weighted by molar-refractivity contribution is 0.0942. The topological polar surface area (TPSA) is 29.1 Å². The number of rotatable bonds is 3. The quantitative estimate of drug-likeness (QED) is 0.910. The summed E-state index contributed by atoms with van der Waals surface area (Å²) in [7, 11) is 0. The molecule has 0 aromatic carbocycles. The Bertz CT molecular complexity index is 399. The standard InChI is InChI=1S/C12H16BrNOS2/c1-7-5-10(17-11(7)13)12(15)14-8-3-4-9(6-8)16-2/h5,8-9H,3-4,6H2,1-2H3,(H,14,15). The van der Waals surface area contributed by atoms with Gasteiger partial charge in [0.05, 0.1) is 8.66 Å². The number of halogens is 1. The minimum atomic E-state index is 0.0792. The summed E-state index contributed by atoms with van der Waals surface area (Å²) in [6.07, 6.45) is 5.59. The lowest BCUT2D eigenvalue weighted by atomic mass is 10.2. The first-order valence-corrected chi connectivity index (χ1v) is 8.59. The van der Waals surface area contributed by atoms with Crippen molar-refractivity contribution in [2.75, 3.05) is 6.26 Å². The average Bonchev–Trinajstić information content (AvgIpc) is 2.87. The molecule has 17 heavy (non-hydrogen) atoms. The lowest BCUT2D eigenvalue weighted by Gasteiger charge is -2.11. The molecule has 2 rings (SSSR count). The van der Waals surface area contributed by atoms with Crippen molar-refractivity contribution in [2.24, 2.45) is 0 Å². The van der Waals surface area contributed by atoms with Crippen LogP contribution in [0.4, 0.5) is 0 Å². The molecule has 2 atom stereocenters. The first kappa shape index (κ1) is 13.4. The van der Waals surface area contributed by atoms with Gasteiger partial charge in [-0.25, -0.2) is 0 Å². The third-order valence-electron chi connectivity index (χ3n) is 3.13. The number of amides is 1. The Labute approximate surface area is 119 Å². The highest BCUT2D eigenvalue weighted by Gasteiger charge is 2.25. The molecule has 2 unspecified atom stereocenters. The van der Waals surface area contributed by atoms with E-state index in [9.17, 15) is 4.79 Å². The van der Waals surface area contributed by atoms with Crippen LogP contribution in [-0.2, 0) is 0 Å². The molecule has 2 nitrogen and oxygen atoms in total. The van der Waals surface area contributed by atoms with Gasteiger partial charge in [0.2, 0.25) is 0 Å². The van der Waals surface area contributed by atoms with Crippen molar-refractivity contribution < 1.29 is 4.79 Å². The Morgan fingerprint density at radius 3 is 2.88 bits per heavy atom. The van der Waals surface area contributed by atoms with E-state index in [4.69, 9.17) is 0 Å². The van der Waals surface area contributed by atoms with Crippen LogP contribution in [0.15, 0.2) is 9.85 Å². The predicted octanol–water partition coefficient (Wildman–Crippen LogP) is 3.83. The van der Waals surface area contributed by atoms with E-state index < -0.39 is 0 Å². The average molecular weight is 334 g/mol. The van der Waals surface area contributed by atoms with Crippen LogP contribution in [-0.4, -0.2) is 23.5 Å². The van der Waals surface area contributed by atoms with Crippen LogP contribution in [0.1, 0.15) is 34.5 Å². The third kappa shape index (κ3) is 3.26. The maximum absolute atomic E-state index is 12.0. The summed E-state index contributed by atoms with van der Waals surface area (Å²) in [6, 6.07) is 2.31. The maximum atomic E-state index is 12.0. The van der Waals surface area contributed by atoms with Crippen LogP contribution < -0.4 is 5.32 Å². The van der Waals surface area contributed by atoms with E-state index in [1.807, 2.05) is 24.8 Å². The second-order valence-corrected chi connectivity index (χ2v) is 7.92. The summed E-state index contributed by atoms with van der Waals surface area (Å²) in [5, 5.41) is 3.86. The van der Waals surface area contributed by atoms with Crippen molar-refractivity contribution in [3.8, 4) is 0 Å². The number of thioether (sulfide) groups is 1. The van der Waals surface area contributed by atoms with E-state index in [2.05, 4.69) is 27.5 Å². The molecule has 0 saturated heterocycles. The van der Waals surface area contributed by atoms with Crippen molar-refractivity contribution in [3.63, 3.8) is 0 Å². The van der Waals surface area contributed by atoms with Crippen LogP contribution in [0.5, 0.6) is 0 Å². The highest BCUT2D eigenvalue weighted by atomic mass is 79.9. The molecule has 1 aromatic heterocycles. The zero-order valence-corrected chi connectivity index (χ0v) is 13.2. The fourth-order valence-corrected chi connectivity index (χ4v) is 4.35. The number of aryl methyl sites for hydroxylation is 1. The summed E-state index contributed by atoms with van der Waals surface area (Å²) < 4.78 is 1.05. The van der Waals surface area contributed by atoms with Gasteiger partial charge in [-0.05, 0) is 60.0 Å². The van der Waals surface area contributed by atoms with Crippen molar-refractivity contribution in [1.82, 2.24) is 5.32 Å². The summed E-state index contributed by atoms with van der Waals surface area (Å²) in [4.78, 5) is 12.8. The van der Waals surface area contributed by atoms with Crippen LogP contribution in [0.2, 0.25) is 0 Å². The molecule has 1 aliphatic carbocycles. The van der Waals surface area contributed by atoms with Gasteiger partial charge < -0.3 is 5.32 Å². The number of thiophene rings is 1. The summed E-state index contributed by atoms with van der Waals surface area (Å²) in [5.74, 6) is 0.0792. The Morgan fingerprint density at radius 2 is 2.35 bits per heavy atom. The van der Waals surface area contributed by atoms with Crippen molar-refractivity contribution in [1.29, 1.82) is 0 Å². The molecule has 1 N–H and O–H groups in total. The second kappa shape index (κ2) is 5.76. The van der Waals surface area contributed by atoms with E-state index in [0.29, 0.717) is 6.04 Å². The predicted molar refractivity (Wildman–Crippen MR) is 79.2 cm³/mol. The van der Waals surface area contributed by atoms with Gasteiger partial charge in [0.25, 0.3) is 5.91 Å². The Hall–Kier alpha value is -0.0000000000000000833. The molecular formula is C12H16BrNOS2. The van der Waals surface area contributed by atoms with E-state index >= 15 is 0 Å². The highest BCUT2D eigenvalue weighted by molar-refractivity contribution is 9.11. The highest BCUT2D eigenvalue weighted by Crippen LogP contribution is 2.30. The largest absolute Gasteiger partial charge is 0.349 e. The first-order valence-electron chi connectivity index (χ1n) is 5.69. The maximum Gasteiger partial charge on any atom is 0.261 e. The molecule has 94 valence electrons. The van der Waals surface area contributed by atoms with Crippen molar-refractivity contribution >= 4 is 44.9 Å². The molecule has 1 aromatic rings. The lowest BCUT2D eigenvalue weighted by Crippen LogP contribution is -2.32. The van der Waals surface area contributed by atoms with Gasteiger partial charge in [0.15, 0.2) is 0 Å². The number of nitrogens with one attached hydrogen (secondary N) is 1. The zero-order valence-electron chi connectivity index (χ0n) is 9.96. The van der Waals surface area contributed by atoms with E-state index in [1.54, 1.807) is 0 Å². The van der Waals surface area contributed by atoms with Gasteiger partial charge in [-0.2, -0.15) is 11.8 Å². The number of carbonyl (C=O) groups is 1. The van der Waals surface area contributed by atoms with Crippen LogP contribution >= 0.6 is 39.0 Å². The van der Waals surface area contributed by atoms with Crippen molar-refractivity contribution in [3.05, 3.63) is 20.3 Å². The fourth-order valence-electron chi connectivity index (χ4n) is 2.11. The van der Waals surface area contributed by atoms with Crippen LogP contribution in [0.25, 0.3) is 0 Å². The normalized spacial score (nSPS) is 23.9. The molecule has 1 fully saturated rings. The number of hydrogen-bond acceptors (Lipinski definition) is 3. The summed E-state index contributed by atoms with van der Waals surface area (Å²) in [5.41, 5.74) is 1.13. The number of carbonyl (C=O) groups excluding carboxylic acids is 1. The monoisotopic (exact) mass is 333 g/mol. The minimum Gasteiger partial charge on any atom is -0.349 e. The molecule has 1 amide bonds.